The molecule has 2 nitrogen and oxygen atoms in total. The second kappa shape index (κ2) is 3.70. The third-order valence-corrected chi connectivity index (χ3v) is 5.73. The summed E-state index contributed by atoms with van der Waals surface area (Å²) in [5.74, 6) is -1.03. The van der Waals surface area contributed by atoms with Crippen LogP contribution >= 0.6 is 0 Å². The third kappa shape index (κ3) is 1.27. The normalized spacial score (nSPS) is 27.3. The molecule has 23 heavy (non-hydrogen) atoms. The van der Waals surface area contributed by atoms with Crippen LogP contribution in [-0.2, 0) is 11.0 Å². The van der Waals surface area contributed by atoms with E-state index in [1.54, 1.807) is 0 Å². The number of allylic oxidation sites excluding steroid dienone is 2. The van der Waals surface area contributed by atoms with Gasteiger partial charge in [-0.2, -0.15) is 0 Å². The summed E-state index contributed by atoms with van der Waals surface area (Å²) in [6, 6.07) is 8.39. The van der Waals surface area contributed by atoms with Gasteiger partial charge in [0.2, 0.25) is 0 Å². The molecule has 0 saturated carbocycles. The van der Waals surface area contributed by atoms with Gasteiger partial charge < -0.3 is 0 Å². The van der Waals surface area contributed by atoms with Crippen LogP contribution in [0.5, 0.6) is 0 Å². The van der Waals surface area contributed by atoms with E-state index in [2.05, 4.69) is 17.6 Å². The van der Waals surface area contributed by atoms with Crippen molar-refractivity contribution < 1.29 is 13.2 Å². The molecule has 1 aromatic carbocycles. The lowest BCUT2D eigenvalue weighted by Gasteiger charge is -2.51. The summed E-state index contributed by atoms with van der Waals surface area (Å²) in [6.45, 7) is 4.17. The minimum atomic E-state index is -0.526. The van der Waals surface area contributed by atoms with Crippen LogP contribution in [0.3, 0.4) is 0 Å². The molecule has 1 aliphatic carbocycles. The van der Waals surface area contributed by atoms with Gasteiger partial charge in [0.25, 0.3) is 5.65 Å². The molecule has 114 valence electrons. The molecule has 2 atom stereocenters. The second-order valence-electron chi connectivity index (χ2n) is 6.81. The summed E-state index contributed by atoms with van der Waals surface area (Å²) < 4.78 is 32.7. The minimum Gasteiger partial charge on any atom is -0.213 e. The zero-order chi connectivity index (χ0) is 16.0. The van der Waals surface area contributed by atoms with Crippen LogP contribution in [0.2, 0.25) is 0 Å². The first-order valence-corrected chi connectivity index (χ1v) is 7.68. The van der Waals surface area contributed by atoms with Crippen LogP contribution in [0.4, 0.5) is 8.78 Å². The van der Waals surface area contributed by atoms with Crippen LogP contribution in [0.1, 0.15) is 19.4 Å². The smallest absolute Gasteiger partial charge is 0.213 e. The maximum atomic E-state index is 14.7. The molecule has 3 aromatic rings. The van der Waals surface area contributed by atoms with Gasteiger partial charge in [-0.3, -0.25) is 0 Å². The topological polar surface area (TPSA) is 9.03 Å². The lowest BCUT2D eigenvalue weighted by Crippen LogP contribution is -2.55. The number of fused-ring (bicyclic) bond motifs is 8. The van der Waals surface area contributed by atoms with Crippen molar-refractivity contribution in [2.75, 3.05) is 0 Å². The van der Waals surface area contributed by atoms with E-state index >= 15 is 0 Å². The highest BCUT2D eigenvalue weighted by Crippen LogP contribution is 2.57. The van der Waals surface area contributed by atoms with Crippen LogP contribution in [0.25, 0.3) is 16.9 Å². The molecule has 0 amide bonds. The molecular weight excluding hydrogens is 294 g/mol. The quantitative estimate of drug-likeness (QED) is 0.442. The van der Waals surface area contributed by atoms with E-state index in [0.717, 1.165) is 23.0 Å². The van der Waals surface area contributed by atoms with Gasteiger partial charge in [-0.25, -0.2) is 17.7 Å². The zero-order valence-corrected chi connectivity index (χ0v) is 12.8. The summed E-state index contributed by atoms with van der Waals surface area (Å²) in [6.07, 6.45) is 8.04. The van der Waals surface area contributed by atoms with Crippen LogP contribution in [0, 0.1) is 11.6 Å². The van der Waals surface area contributed by atoms with Crippen LogP contribution in [0.15, 0.2) is 54.9 Å². The van der Waals surface area contributed by atoms with Crippen molar-refractivity contribution in [2.24, 2.45) is 0 Å². The predicted molar refractivity (Wildman–Crippen MR) is 83.1 cm³/mol. The molecule has 0 saturated heterocycles. The Morgan fingerprint density at radius 2 is 1.91 bits per heavy atom. The molecule has 0 radical (unpaired) electrons. The number of hydrogen-bond acceptors (Lipinski definition) is 0. The maximum Gasteiger partial charge on any atom is 0.287 e. The van der Waals surface area contributed by atoms with E-state index < -0.39 is 17.0 Å². The number of pyridine rings is 1. The molecule has 0 spiro atoms. The van der Waals surface area contributed by atoms with Crippen LogP contribution < -0.4 is 4.40 Å². The van der Waals surface area contributed by atoms with Gasteiger partial charge in [-0.1, -0.05) is 12.1 Å². The average molecular weight is 309 g/mol. The third-order valence-electron chi connectivity index (χ3n) is 5.73. The first kappa shape index (κ1) is 13.0. The van der Waals surface area contributed by atoms with Crippen molar-refractivity contribution in [3.05, 3.63) is 72.1 Å². The highest BCUT2D eigenvalue weighted by Gasteiger charge is 2.60. The molecule has 2 aliphatic rings. The summed E-state index contributed by atoms with van der Waals surface area (Å²) in [5.41, 5.74) is 2.23. The summed E-state index contributed by atoms with van der Waals surface area (Å²) in [4.78, 5) is 0. The van der Waals surface area contributed by atoms with Crippen molar-refractivity contribution in [3.63, 3.8) is 0 Å². The summed E-state index contributed by atoms with van der Waals surface area (Å²) >= 11 is 0. The van der Waals surface area contributed by atoms with Gasteiger partial charge in [0.1, 0.15) is 23.4 Å². The first-order valence-electron chi connectivity index (χ1n) is 7.68. The van der Waals surface area contributed by atoms with Gasteiger partial charge in [0, 0.05) is 12.1 Å². The highest BCUT2D eigenvalue weighted by atomic mass is 19.1. The molecule has 3 heterocycles. The Balaban J connectivity index is 2.02. The monoisotopic (exact) mass is 309 g/mol. The Kier molecular flexibility index (Phi) is 2.09. The van der Waals surface area contributed by atoms with Crippen molar-refractivity contribution in [1.29, 1.82) is 0 Å². The Hall–Kier alpha value is -2.49. The Morgan fingerprint density at radius 1 is 1.09 bits per heavy atom. The fourth-order valence-electron chi connectivity index (χ4n) is 4.21. The number of nitrogens with zero attached hydrogens (tertiary/aromatic N) is 2. The highest BCUT2D eigenvalue weighted by molar-refractivity contribution is 5.75. The van der Waals surface area contributed by atoms with Gasteiger partial charge >= 0.3 is 0 Å². The largest absolute Gasteiger partial charge is 0.287 e. The fraction of sp³-hybridized carbons (Fsp3) is 0.211. The number of halogens is 2. The molecule has 0 bridgehead atoms. The molecule has 2 unspecified atom stereocenters. The maximum absolute atomic E-state index is 14.7. The Bertz CT molecular complexity index is 1030. The van der Waals surface area contributed by atoms with Crippen LogP contribution in [-0.4, -0.2) is 4.57 Å². The van der Waals surface area contributed by atoms with E-state index in [0.29, 0.717) is 5.56 Å². The molecule has 4 heteroatoms. The van der Waals surface area contributed by atoms with Crippen molar-refractivity contribution in [1.82, 2.24) is 4.57 Å². The van der Waals surface area contributed by atoms with E-state index in [-0.39, 0.29) is 5.54 Å². The standard InChI is InChI=1S/C19H15F2N2/c1-18-6-7-19(18,2)23-15(11-22-8-4-3-5-16(22)23)17-13(18)9-12(20)10-14(17)21/h3-11H,1-2H3/q+1. The van der Waals surface area contributed by atoms with Crippen molar-refractivity contribution in [3.8, 4) is 11.3 Å². The van der Waals surface area contributed by atoms with E-state index in [1.807, 2.05) is 48.0 Å². The lowest BCUT2D eigenvalue weighted by atomic mass is 9.56. The molecule has 1 aliphatic heterocycles. The fourth-order valence-corrected chi connectivity index (χ4v) is 4.21. The number of aromatic nitrogens is 2. The number of benzene rings is 1. The van der Waals surface area contributed by atoms with Crippen molar-refractivity contribution in [2.45, 2.75) is 24.8 Å². The number of hydrogen-bond donors (Lipinski definition) is 0. The first-order chi connectivity index (χ1) is 11.0. The van der Waals surface area contributed by atoms with Gasteiger partial charge in [-0.15, -0.1) is 0 Å². The summed E-state index contributed by atoms with van der Waals surface area (Å²) in [7, 11) is 0. The van der Waals surface area contributed by atoms with Crippen molar-refractivity contribution >= 4 is 5.65 Å². The van der Waals surface area contributed by atoms with E-state index in [9.17, 15) is 8.78 Å². The minimum absolute atomic E-state index is 0.342. The molecular formula is C19H15F2N2+. The Labute approximate surface area is 132 Å². The number of rotatable bonds is 0. The van der Waals surface area contributed by atoms with E-state index in [1.165, 1.54) is 6.07 Å². The molecule has 2 aromatic heterocycles. The molecule has 0 N–H and O–H groups in total. The second-order valence-corrected chi connectivity index (χ2v) is 6.81. The lowest BCUT2D eigenvalue weighted by molar-refractivity contribution is -0.510. The molecule has 0 fully saturated rings. The predicted octanol–water partition coefficient (Wildman–Crippen LogP) is 3.73. The summed E-state index contributed by atoms with van der Waals surface area (Å²) in [5, 5.41) is 0. The number of imidazole rings is 1. The molecule has 5 rings (SSSR count). The van der Waals surface area contributed by atoms with Gasteiger partial charge in [-0.05, 0) is 37.6 Å². The Morgan fingerprint density at radius 3 is 2.65 bits per heavy atom. The van der Waals surface area contributed by atoms with Gasteiger partial charge in [0.15, 0.2) is 5.69 Å². The SMILES string of the molecule is CC12C=CC1(C)n1c(c[n+]3ccccc13)-c1c(F)cc(F)cc12. The van der Waals surface area contributed by atoms with Gasteiger partial charge in [0.05, 0.1) is 17.2 Å². The van der Waals surface area contributed by atoms with E-state index in [4.69, 9.17) is 0 Å². The average Bonchev–Trinajstić information content (AvgIpc) is 2.89. The zero-order valence-electron chi connectivity index (χ0n) is 12.8.